The fourth-order valence-corrected chi connectivity index (χ4v) is 4.13. The quantitative estimate of drug-likeness (QED) is 0.679. The van der Waals surface area contributed by atoms with Gasteiger partial charge < -0.3 is 15.4 Å². The first-order valence-corrected chi connectivity index (χ1v) is 10.4. The number of amides is 2. The van der Waals surface area contributed by atoms with Gasteiger partial charge in [-0.25, -0.2) is 0 Å². The molecule has 0 fully saturated rings. The van der Waals surface area contributed by atoms with E-state index in [0.29, 0.717) is 0 Å². The maximum Gasteiger partial charge on any atom is 0.307 e. The Kier molecular flexibility index (Phi) is 6.93. The molecule has 6 nitrogen and oxygen atoms in total. The standard InChI is InChI=1S/C22H24N2O4S/c1-3-16(15-10-8-14(2)9-11-15)23-20(25)13-28-21(26)12-19-22(27)24-17-6-4-5-7-18(17)29-19/h4-11,16,19H,3,12-13H2,1-2H3,(H,23,25)(H,24,27)/t16-,19+/m1/s1. The number of carbonyl (C=O) groups excluding carboxylic acids is 3. The van der Waals surface area contributed by atoms with Gasteiger partial charge in [0.25, 0.3) is 5.91 Å². The van der Waals surface area contributed by atoms with E-state index >= 15 is 0 Å². The fourth-order valence-electron chi connectivity index (χ4n) is 3.04. The van der Waals surface area contributed by atoms with Crippen LogP contribution < -0.4 is 10.6 Å². The van der Waals surface area contributed by atoms with Crippen molar-refractivity contribution in [3.8, 4) is 0 Å². The Labute approximate surface area is 174 Å². The largest absolute Gasteiger partial charge is 0.456 e. The van der Waals surface area contributed by atoms with Crippen molar-refractivity contribution in [2.75, 3.05) is 11.9 Å². The van der Waals surface area contributed by atoms with Crippen LogP contribution in [0.1, 0.15) is 36.9 Å². The molecule has 29 heavy (non-hydrogen) atoms. The summed E-state index contributed by atoms with van der Waals surface area (Å²) in [4.78, 5) is 37.4. The molecule has 0 aromatic heterocycles. The number of thioether (sulfide) groups is 1. The van der Waals surface area contributed by atoms with E-state index in [1.54, 1.807) is 0 Å². The lowest BCUT2D eigenvalue weighted by Gasteiger charge is -2.23. The van der Waals surface area contributed by atoms with Gasteiger partial charge in [0.1, 0.15) is 0 Å². The Hall–Kier alpha value is -2.80. The summed E-state index contributed by atoms with van der Waals surface area (Å²) < 4.78 is 5.10. The highest BCUT2D eigenvalue weighted by Gasteiger charge is 2.29. The summed E-state index contributed by atoms with van der Waals surface area (Å²) >= 11 is 1.33. The zero-order valence-corrected chi connectivity index (χ0v) is 17.3. The summed E-state index contributed by atoms with van der Waals surface area (Å²) in [5.74, 6) is -1.17. The minimum atomic E-state index is -0.574. The van der Waals surface area contributed by atoms with Gasteiger partial charge in [0.15, 0.2) is 6.61 Å². The number of hydrogen-bond donors (Lipinski definition) is 2. The highest BCUT2D eigenvalue weighted by Crippen LogP contribution is 2.36. The van der Waals surface area contributed by atoms with E-state index in [1.807, 2.05) is 62.4 Å². The van der Waals surface area contributed by atoms with Crippen molar-refractivity contribution >= 4 is 35.2 Å². The summed E-state index contributed by atoms with van der Waals surface area (Å²) in [7, 11) is 0. The Morgan fingerprint density at radius 3 is 2.62 bits per heavy atom. The first-order chi connectivity index (χ1) is 14.0. The summed E-state index contributed by atoms with van der Waals surface area (Å²) in [6.45, 7) is 3.62. The number of esters is 1. The Morgan fingerprint density at radius 2 is 1.90 bits per heavy atom. The Balaban J connectivity index is 1.48. The molecule has 2 atom stereocenters. The highest BCUT2D eigenvalue weighted by molar-refractivity contribution is 8.01. The molecule has 0 spiro atoms. The van der Waals surface area contributed by atoms with Gasteiger partial charge in [-0.3, -0.25) is 14.4 Å². The van der Waals surface area contributed by atoms with Crippen molar-refractivity contribution in [2.45, 2.75) is 42.9 Å². The van der Waals surface area contributed by atoms with Gasteiger partial charge in [-0.05, 0) is 31.0 Å². The highest BCUT2D eigenvalue weighted by atomic mass is 32.2. The van der Waals surface area contributed by atoms with Crippen LogP contribution in [-0.2, 0) is 19.1 Å². The zero-order valence-electron chi connectivity index (χ0n) is 16.4. The van der Waals surface area contributed by atoms with E-state index in [2.05, 4.69) is 10.6 Å². The van der Waals surface area contributed by atoms with Crippen molar-refractivity contribution < 1.29 is 19.1 Å². The van der Waals surface area contributed by atoms with Crippen LogP contribution in [0.15, 0.2) is 53.4 Å². The number of carbonyl (C=O) groups is 3. The van der Waals surface area contributed by atoms with Gasteiger partial charge in [-0.1, -0.05) is 48.9 Å². The van der Waals surface area contributed by atoms with Crippen molar-refractivity contribution in [1.29, 1.82) is 0 Å². The van der Waals surface area contributed by atoms with Crippen LogP contribution in [0.3, 0.4) is 0 Å². The number of rotatable bonds is 7. The summed E-state index contributed by atoms with van der Waals surface area (Å²) in [5, 5.41) is 5.10. The fraction of sp³-hybridized carbons (Fsp3) is 0.318. The number of anilines is 1. The number of ether oxygens (including phenoxy) is 1. The molecule has 7 heteroatoms. The third-order valence-electron chi connectivity index (χ3n) is 4.65. The van der Waals surface area contributed by atoms with Gasteiger partial charge in [0, 0.05) is 4.90 Å². The van der Waals surface area contributed by atoms with E-state index in [-0.39, 0.29) is 30.9 Å². The summed E-state index contributed by atoms with van der Waals surface area (Å²) in [5.41, 5.74) is 2.90. The molecule has 0 radical (unpaired) electrons. The van der Waals surface area contributed by atoms with Gasteiger partial charge in [0.2, 0.25) is 5.91 Å². The molecule has 0 saturated heterocycles. The molecule has 0 bridgehead atoms. The molecule has 0 saturated carbocycles. The maximum absolute atomic E-state index is 12.2. The predicted octanol–water partition coefficient (Wildman–Crippen LogP) is 3.61. The molecule has 3 rings (SSSR count). The summed E-state index contributed by atoms with van der Waals surface area (Å²) in [6.07, 6.45) is 0.633. The predicted molar refractivity (Wildman–Crippen MR) is 113 cm³/mol. The number of benzene rings is 2. The van der Waals surface area contributed by atoms with E-state index < -0.39 is 11.2 Å². The molecular formula is C22H24N2O4S. The van der Waals surface area contributed by atoms with Gasteiger partial charge in [0.05, 0.1) is 23.4 Å². The first-order valence-electron chi connectivity index (χ1n) is 9.54. The zero-order chi connectivity index (χ0) is 20.8. The topological polar surface area (TPSA) is 84.5 Å². The molecule has 0 aliphatic carbocycles. The summed E-state index contributed by atoms with van der Waals surface area (Å²) in [6, 6.07) is 15.2. The van der Waals surface area contributed by atoms with Crippen molar-refractivity contribution in [3.05, 3.63) is 59.7 Å². The number of fused-ring (bicyclic) bond motifs is 1. The minimum absolute atomic E-state index is 0.0900. The molecule has 2 amide bonds. The van der Waals surface area contributed by atoms with Gasteiger partial charge in [-0.2, -0.15) is 0 Å². The second-order valence-corrected chi connectivity index (χ2v) is 8.14. The number of hydrogen-bond acceptors (Lipinski definition) is 5. The lowest BCUT2D eigenvalue weighted by atomic mass is 10.0. The van der Waals surface area contributed by atoms with Gasteiger partial charge in [-0.15, -0.1) is 11.8 Å². The molecule has 1 heterocycles. The molecule has 152 valence electrons. The van der Waals surface area contributed by atoms with E-state index in [1.165, 1.54) is 11.8 Å². The molecule has 1 aliphatic rings. The SMILES string of the molecule is CC[C@@H](NC(=O)COC(=O)C[C@@H]1Sc2ccccc2NC1=O)c1ccc(C)cc1. The average molecular weight is 413 g/mol. The van der Waals surface area contributed by atoms with Crippen LogP contribution in [0.4, 0.5) is 5.69 Å². The van der Waals surface area contributed by atoms with Crippen LogP contribution in [-0.4, -0.2) is 29.6 Å². The van der Waals surface area contributed by atoms with Crippen LogP contribution in [0.5, 0.6) is 0 Å². The van der Waals surface area contributed by atoms with Gasteiger partial charge >= 0.3 is 5.97 Å². The smallest absolute Gasteiger partial charge is 0.307 e. The van der Waals surface area contributed by atoms with Crippen molar-refractivity contribution in [3.63, 3.8) is 0 Å². The van der Waals surface area contributed by atoms with E-state index in [9.17, 15) is 14.4 Å². The Bertz CT molecular complexity index is 898. The first kappa shape index (κ1) is 20.9. The third-order valence-corrected chi connectivity index (χ3v) is 5.92. The second kappa shape index (κ2) is 9.60. The number of aryl methyl sites for hydroxylation is 1. The molecule has 0 unspecified atom stereocenters. The van der Waals surface area contributed by atoms with Crippen LogP contribution in [0.25, 0.3) is 0 Å². The molecular weight excluding hydrogens is 388 g/mol. The lowest BCUT2D eigenvalue weighted by Crippen LogP contribution is -2.34. The normalized spacial score (nSPS) is 16.3. The van der Waals surface area contributed by atoms with Crippen molar-refractivity contribution in [2.24, 2.45) is 0 Å². The van der Waals surface area contributed by atoms with Crippen LogP contribution in [0, 0.1) is 6.92 Å². The molecule has 2 N–H and O–H groups in total. The third kappa shape index (κ3) is 5.60. The molecule has 1 aliphatic heterocycles. The molecule has 2 aromatic rings. The minimum Gasteiger partial charge on any atom is -0.456 e. The average Bonchev–Trinajstić information content (AvgIpc) is 2.72. The second-order valence-electron chi connectivity index (χ2n) is 6.90. The van der Waals surface area contributed by atoms with Crippen LogP contribution >= 0.6 is 11.8 Å². The lowest BCUT2D eigenvalue weighted by molar-refractivity contribution is -0.149. The monoisotopic (exact) mass is 412 g/mol. The Morgan fingerprint density at radius 1 is 1.17 bits per heavy atom. The maximum atomic E-state index is 12.2. The van der Waals surface area contributed by atoms with Crippen LogP contribution in [0.2, 0.25) is 0 Å². The van der Waals surface area contributed by atoms with Crippen molar-refractivity contribution in [1.82, 2.24) is 5.32 Å². The number of nitrogens with one attached hydrogen (secondary N) is 2. The number of para-hydroxylation sites is 1. The van der Waals surface area contributed by atoms with E-state index in [4.69, 9.17) is 4.74 Å². The molecule has 2 aromatic carbocycles. The van der Waals surface area contributed by atoms with E-state index in [0.717, 1.165) is 28.1 Å².